The summed E-state index contributed by atoms with van der Waals surface area (Å²) < 4.78 is 11.0. The van der Waals surface area contributed by atoms with Crippen molar-refractivity contribution in [2.75, 3.05) is 26.7 Å². The molecule has 2 N–H and O–H groups in total. The van der Waals surface area contributed by atoms with Gasteiger partial charge in [-0.05, 0) is 32.4 Å². The summed E-state index contributed by atoms with van der Waals surface area (Å²) in [6, 6.07) is 7.61. The number of ether oxygens (including phenoxy) is 2. The fraction of sp³-hybridized carbons (Fsp3) is 0.562. The monoisotopic (exact) mass is 293 g/mol. The largest absolute Gasteiger partial charge is 0.497 e. The molecule has 0 fully saturated rings. The van der Waals surface area contributed by atoms with E-state index in [0.717, 1.165) is 37.0 Å². The van der Waals surface area contributed by atoms with E-state index in [2.05, 4.69) is 29.5 Å². The number of rotatable bonds is 8. The fourth-order valence-corrected chi connectivity index (χ4v) is 1.75. The van der Waals surface area contributed by atoms with E-state index >= 15 is 0 Å². The zero-order chi connectivity index (χ0) is 15.5. The molecule has 1 rings (SSSR count). The zero-order valence-corrected chi connectivity index (χ0v) is 13.5. The van der Waals surface area contributed by atoms with Crippen LogP contribution in [0.4, 0.5) is 0 Å². The van der Waals surface area contributed by atoms with Gasteiger partial charge >= 0.3 is 0 Å². The van der Waals surface area contributed by atoms with Gasteiger partial charge < -0.3 is 20.1 Å². The lowest BCUT2D eigenvalue weighted by Crippen LogP contribution is -2.38. The second-order valence-corrected chi connectivity index (χ2v) is 4.75. The number of guanidine groups is 1. The van der Waals surface area contributed by atoms with E-state index in [9.17, 15) is 0 Å². The first kappa shape index (κ1) is 17.1. The highest BCUT2D eigenvalue weighted by atomic mass is 16.5. The van der Waals surface area contributed by atoms with Gasteiger partial charge in [0.05, 0.1) is 13.7 Å². The topological polar surface area (TPSA) is 54.9 Å². The Morgan fingerprint density at radius 2 is 2.00 bits per heavy atom. The number of nitrogens with one attached hydrogen (secondary N) is 2. The average Bonchev–Trinajstić information content (AvgIpc) is 2.50. The summed E-state index contributed by atoms with van der Waals surface area (Å²) in [5.41, 5.74) is 0. The third-order valence-corrected chi connectivity index (χ3v) is 2.77. The molecule has 118 valence electrons. The molecule has 0 aromatic heterocycles. The van der Waals surface area contributed by atoms with Crippen LogP contribution in [-0.4, -0.2) is 38.8 Å². The molecule has 1 atom stereocenters. The lowest BCUT2D eigenvalue weighted by atomic mass is 10.3. The Hall–Kier alpha value is -1.91. The van der Waals surface area contributed by atoms with Gasteiger partial charge in [-0.2, -0.15) is 0 Å². The molecule has 21 heavy (non-hydrogen) atoms. The number of nitrogens with zero attached hydrogens (tertiary/aromatic N) is 1. The minimum atomic E-state index is -0.00538. The zero-order valence-electron chi connectivity index (χ0n) is 13.5. The van der Waals surface area contributed by atoms with Crippen LogP contribution in [0.2, 0.25) is 0 Å². The van der Waals surface area contributed by atoms with Gasteiger partial charge in [0, 0.05) is 19.2 Å². The van der Waals surface area contributed by atoms with E-state index in [1.165, 1.54) is 0 Å². The van der Waals surface area contributed by atoms with E-state index < -0.39 is 0 Å². The molecule has 0 bridgehead atoms. The Bertz CT molecular complexity index is 435. The molecule has 0 radical (unpaired) electrons. The molecule has 0 aliphatic heterocycles. The van der Waals surface area contributed by atoms with Crippen LogP contribution in [0, 0.1) is 0 Å². The average molecular weight is 293 g/mol. The molecule has 0 aliphatic rings. The predicted molar refractivity (Wildman–Crippen MR) is 87.4 cm³/mol. The molecule has 5 heteroatoms. The van der Waals surface area contributed by atoms with Crippen molar-refractivity contribution in [1.29, 1.82) is 0 Å². The molecule has 0 spiro atoms. The third kappa shape index (κ3) is 6.88. The summed E-state index contributed by atoms with van der Waals surface area (Å²) in [5, 5.41) is 6.49. The highest BCUT2D eigenvalue weighted by molar-refractivity contribution is 5.79. The van der Waals surface area contributed by atoms with Crippen molar-refractivity contribution in [1.82, 2.24) is 10.6 Å². The Labute approximate surface area is 127 Å². The highest BCUT2D eigenvalue weighted by Gasteiger charge is 2.05. The molecule has 1 aromatic rings. The molecule has 0 aliphatic carbocycles. The van der Waals surface area contributed by atoms with Crippen molar-refractivity contribution >= 4 is 5.96 Å². The van der Waals surface area contributed by atoms with Crippen LogP contribution in [0.15, 0.2) is 29.3 Å². The van der Waals surface area contributed by atoms with Crippen molar-refractivity contribution in [3.8, 4) is 11.5 Å². The minimum Gasteiger partial charge on any atom is -0.497 e. The van der Waals surface area contributed by atoms with E-state index in [0.29, 0.717) is 6.54 Å². The van der Waals surface area contributed by atoms with E-state index in [-0.39, 0.29) is 6.10 Å². The first-order valence-electron chi connectivity index (χ1n) is 7.52. The van der Waals surface area contributed by atoms with E-state index in [1.54, 1.807) is 7.11 Å². The number of methoxy groups -OCH3 is 1. The number of hydrogen-bond donors (Lipinski definition) is 2. The van der Waals surface area contributed by atoms with Gasteiger partial charge in [-0.1, -0.05) is 13.0 Å². The third-order valence-electron chi connectivity index (χ3n) is 2.77. The normalized spacial score (nSPS) is 12.7. The van der Waals surface area contributed by atoms with Crippen LogP contribution in [0.25, 0.3) is 0 Å². The molecule has 5 nitrogen and oxygen atoms in total. The van der Waals surface area contributed by atoms with Crippen LogP contribution in [0.3, 0.4) is 0 Å². The van der Waals surface area contributed by atoms with Gasteiger partial charge in [0.1, 0.15) is 17.6 Å². The minimum absolute atomic E-state index is 0.00538. The molecule has 1 aromatic carbocycles. The first-order chi connectivity index (χ1) is 10.2. The number of hydrogen-bond acceptors (Lipinski definition) is 3. The van der Waals surface area contributed by atoms with Gasteiger partial charge in [-0.3, -0.25) is 0 Å². The summed E-state index contributed by atoms with van der Waals surface area (Å²) >= 11 is 0. The summed E-state index contributed by atoms with van der Waals surface area (Å²) in [6.45, 7) is 8.55. The van der Waals surface area contributed by atoms with Crippen molar-refractivity contribution in [3.05, 3.63) is 24.3 Å². The van der Waals surface area contributed by atoms with Crippen molar-refractivity contribution in [3.63, 3.8) is 0 Å². The number of aliphatic imine (C=N–C) groups is 1. The van der Waals surface area contributed by atoms with Crippen molar-refractivity contribution < 1.29 is 9.47 Å². The molecule has 0 amide bonds. The Kier molecular flexibility index (Phi) is 8.09. The SMILES string of the molecule is CCCNC(=NCC(C)Oc1cccc(OC)c1)NCC. The lowest BCUT2D eigenvalue weighted by Gasteiger charge is -2.15. The molecule has 0 saturated heterocycles. The van der Waals surface area contributed by atoms with Crippen LogP contribution >= 0.6 is 0 Å². The van der Waals surface area contributed by atoms with Crippen LogP contribution in [0.1, 0.15) is 27.2 Å². The molecule has 0 heterocycles. The van der Waals surface area contributed by atoms with Crippen molar-refractivity contribution in [2.45, 2.75) is 33.3 Å². The van der Waals surface area contributed by atoms with Gasteiger partial charge in [0.2, 0.25) is 0 Å². The summed E-state index contributed by atoms with van der Waals surface area (Å²) in [5.74, 6) is 2.42. The molecule has 0 saturated carbocycles. The first-order valence-corrected chi connectivity index (χ1v) is 7.52. The summed E-state index contributed by atoms with van der Waals surface area (Å²) in [7, 11) is 1.65. The highest BCUT2D eigenvalue weighted by Crippen LogP contribution is 2.19. The Morgan fingerprint density at radius 3 is 2.67 bits per heavy atom. The maximum absolute atomic E-state index is 5.85. The maximum Gasteiger partial charge on any atom is 0.191 e. The maximum atomic E-state index is 5.85. The predicted octanol–water partition coefficient (Wildman–Crippen LogP) is 2.43. The molecular formula is C16H27N3O2. The van der Waals surface area contributed by atoms with Crippen LogP contribution in [-0.2, 0) is 0 Å². The Morgan fingerprint density at radius 1 is 1.24 bits per heavy atom. The second kappa shape index (κ2) is 9.91. The van der Waals surface area contributed by atoms with Gasteiger partial charge in [0.15, 0.2) is 5.96 Å². The summed E-state index contributed by atoms with van der Waals surface area (Å²) in [4.78, 5) is 4.53. The van der Waals surface area contributed by atoms with Crippen molar-refractivity contribution in [2.24, 2.45) is 4.99 Å². The number of benzene rings is 1. The summed E-state index contributed by atoms with van der Waals surface area (Å²) in [6.07, 6.45) is 1.06. The Balaban J connectivity index is 2.51. The van der Waals surface area contributed by atoms with Gasteiger partial charge in [-0.15, -0.1) is 0 Å². The van der Waals surface area contributed by atoms with Crippen LogP contribution in [0.5, 0.6) is 11.5 Å². The molecular weight excluding hydrogens is 266 g/mol. The second-order valence-electron chi connectivity index (χ2n) is 4.75. The molecule has 1 unspecified atom stereocenters. The van der Waals surface area contributed by atoms with Crippen LogP contribution < -0.4 is 20.1 Å². The van der Waals surface area contributed by atoms with E-state index in [4.69, 9.17) is 9.47 Å². The lowest BCUT2D eigenvalue weighted by molar-refractivity contribution is 0.229. The standard InChI is InChI=1S/C16H27N3O2/c1-5-10-18-16(17-6-2)19-12-13(3)21-15-9-7-8-14(11-15)20-4/h7-9,11,13H,5-6,10,12H2,1-4H3,(H2,17,18,19). The fourth-order valence-electron chi connectivity index (χ4n) is 1.75. The van der Waals surface area contributed by atoms with E-state index in [1.807, 2.05) is 31.2 Å². The smallest absolute Gasteiger partial charge is 0.191 e. The van der Waals surface area contributed by atoms with Gasteiger partial charge in [0.25, 0.3) is 0 Å². The van der Waals surface area contributed by atoms with Gasteiger partial charge in [-0.25, -0.2) is 4.99 Å². The quantitative estimate of drug-likeness (QED) is 0.571.